The van der Waals surface area contributed by atoms with Crippen LogP contribution in [-0.4, -0.2) is 37.6 Å². The largest absolute Gasteiger partial charge is 0.494 e. The molecule has 5 heteroatoms. The second-order valence-corrected chi connectivity index (χ2v) is 4.32. The molecule has 0 radical (unpaired) electrons. The molecule has 18 heavy (non-hydrogen) atoms. The second-order valence-electron chi connectivity index (χ2n) is 4.32. The molecule has 0 spiro atoms. The first-order valence-corrected chi connectivity index (χ1v) is 5.84. The Labute approximate surface area is 105 Å². The minimum atomic E-state index is -0.502. The lowest BCUT2D eigenvalue weighted by molar-refractivity contribution is -0.132. The summed E-state index contributed by atoms with van der Waals surface area (Å²) in [6.07, 6.45) is 2.11. The molecule has 2 rings (SSSR count). The van der Waals surface area contributed by atoms with Crippen LogP contribution in [0.15, 0.2) is 18.2 Å². The molecule has 0 aliphatic heterocycles. The number of hydrogen-bond acceptors (Lipinski definition) is 3. The summed E-state index contributed by atoms with van der Waals surface area (Å²) < 4.78 is 23.4. The van der Waals surface area contributed by atoms with E-state index in [1.165, 1.54) is 19.2 Å². The van der Waals surface area contributed by atoms with Gasteiger partial charge >= 0.3 is 0 Å². The van der Waals surface area contributed by atoms with Crippen molar-refractivity contribution in [3.63, 3.8) is 0 Å². The number of amides is 1. The smallest absolute Gasteiger partial charge is 0.260 e. The van der Waals surface area contributed by atoms with Crippen molar-refractivity contribution in [1.82, 2.24) is 4.90 Å². The number of halogens is 1. The SMILES string of the molecule is COc1ccc(OCC(=O)N(C)C2CC2)cc1F. The molecule has 1 amide bonds. The molecule has 0 N–H and O–H groups in total. The van der Waals surface area contributed by atoms with Crippen LogP contribution < -0.4 is 9.47 Å². The Kier molecular flexibility index (Phi) is 3.69. The predicted molar refractivity (Wildman–Crippen MR) is 64.2 cm³/mol. The molecule has 0 bridgehead atoms. The summed E-state index contributed by atoms with van der Waals surface area (Å²) in [6.45, 7) is -0.0707. The van der Waals surface area contributed by atoms with Gasteiger partial charge in [0.2, 0.25) is 0 Å². The Morgan fingerprint density at radius 1 is 1.50 bits per heavy atom. The van der Waals surface area contributed by atoms with Crippen molar-refractivity contribution < 1.29 is 18.7 Å². The van der Waals surface area contributed by atoms with Gasteiger partial charge in [0.1, 0.15) is 5.75 Å². The van der Waals surface area contributed by atoms with Crippen molar-refractivity contribution in [2.24, 2.45) is 0 Å². The summed E-state index contributed by atoms with van der Waals surface area (Å²) >= 11 is 0. The van der Waals surface area contributed by atoms with Crippen LogP contribution in [0.3, 0.4) is 0 Å². The number of methoxy groups -OCH3 is 1. The molecule has 1 saturated carbocycles. The van der Waals surface area contributed by atoms with Crippen molar-refractivity contribution in [2.45, 2.75) is 18.9 Å². The van der Waals surface area contributed by atoms with Crippen LogP contribution in [0.25, 0.3) is 0 Å². The van der Waals surface area contributed by atoms with E-state index in [-0.39, 0.29) is 18.3 Å². The molecule has 1 fully saturated rings. The second kappa shape index (κ2) is 5.25. The summed E-state index contributed by atoms with van der Waals surface area (Å²) in [6, 6.07) is 4.61. The van der Waals surface area contributed by atoms with Gasteiger partial charge in [-0.05, 0) is 25.0 Å². The van der Waals surface area contributed by atoms with Crippen LogP contribution >= 0.6 is 0 Å². The lowest BCUT2D eigenvalue weighted by atomic mass is 10.3. The number of carbonyl (C=O) groups is 1. The number of benzene rings is 1. The maximum Gasteiger partial charge on any atom is 0.260 e. The molecule has 0 atom stereocenters. The Bertz CT molecular complexity index is 446. The highest BCUT2D eigenvalue weighted by atomic mass is 19.1. The van der Waals surface area contributed by atoms with Crippen molar-refractivity contribution in [3.8, 4) is 11.5 Å². The lowest BCUT2D eigenvalue weighted by Crippen LogP contribution is -2.33. The number of nitrogens with zero attached hydrogens (tertiary/aromatic N) is 1. The number of hydrogen-bond donors (Lipinski definition) is 0. The molecule has 1 aliphatic rings. The summed E-state index contributed by atoms with van der Waals surface area (Å²) in [5.41, 5.74) is 0. The number of rotatable bonds is 5. The van der Waals surface area contributed by atoms with Crippen LogP contribution in [0.4, 0.5) is 4.39 Å². The molecular weight excluding hydrogens is 237 g/mol. The first kappa shape index (κ1) is 12.7. The van der Waals surface area contributed by atoms with Crippen molar-refractivity contribution in [2.75, 3.05) is 20.8 Å². The molecule has 0 unspecified atom stereocenters. The van der Waals surface area contributed by atoms with Crippen molar-refractivity contribution in [3.05, 3.63) is 24.0 Å². The van der Waals surface area contributed by atoms with Gasteiger partial charge in [0, 0.05) is 19.2 Å². The zero-order chi connectivity index (χ0) is 13.1. The monoisotopic (exact) mass is 253 g/mol. The number of ether oxygens (including phenoxy) is 2. The normalized spacial score (nSPS) is 14.2. The van der Waals surface area contributed by atoms with E-state index >= 15 is 0 Å². The Balaban J connectivity index is 1.89. The molecular formula is C13H16FNO3. The third-order valence-electron chi connectivity index (χ3n) is 2.97. The fourth-order valence-corrected chi connectivity index (χ4v) is 1.65. The van der Waals surface area contributed by atoms with E-state index in [4.69, 9.17) is 9.47 Å². The van der Waals surface area contributed by atoms with E-state index in [2.05, 4.69) is 0 Å². The summed E-state index contributed by atoms with van der Waals surface area (Å²) in [4.78, 5) is 13.4. The van der Waals surface area contributed by atoms with Crippen LogP contribution in [0, 0.1) is 5.82 Å². The van der Waals surface area contributed by atoms with Crippen molar-refractivity contribution >= 4 is 5.91 Å². The fraction of sp³-hybridized carbons (Fsp3) is 0.462. The standard InChI is InChI=1S/C13H16FNO3/c1-15(9-3-4-9)13(16)8-18-10-5-6-12(17-2)11(14)7-10/h5-7,9H,3-4,8H2,1-2H3. The Hall–Kier alpha value is -1.78. The molecule has 98 valence electrons. The maximum atomic E-state index is 13.4. The van der Waals surface area contributed by atoms with Gasteiger partial charge in [-0.1, -0.05) is 0 Å². The van der Waals surface area contributed by atoms with Gasteiger partial charge in [-0.3, -0.25) is 4.79 Å². The minimum absolute atomic E-state index is 0.0707. The van der Waals surface area contributed by atoms with Crippen molar-refractivity contribution in [1.29, 1.82) is 0 Å². The highest BCUT2D eigenvalue weighted by molar-refractivity contribution is 5.78. The van der Waals surface area contributed by atoms with E-state index in [0.717, 1.165) is 12.8 Å². The zero-order valence-electron chi connectivity index (χ0n) is 10.5. The molecule has 0 saturated heterocycles. The van der Waals surface area contributed by atoms with Crippen LogP contribution in [0.2, 0.25) is 0 Å². The van der Waals surface area contributed by atoms with Gasteiger partial charge in [0.15, 0.2) is 18.2 Å². The van der Waals surface area contributed by atoms with E-state index in [9.17, 15) is 9.18 Å². The van der Waals surface area contributed by atoms with E-state index in [1.807, 2.05) is 0 Å². The van der Waals surface area contributed by atoms with Crippen LogP contribution in [0.1, 0.15) is 12.8 Å². The van der Waals surface area contributed by atoms with Gasteiger partial charge in [0.25, 0.3) is 5.91 Å². The van der Waals surface area contributed by atoms with Gasteiger partial charge in [-0.2, -0.15) is 0 Å². The minimum Gasteiger partial charge on any atom is -0.494 e. The Morgan fingerprint density at radius 3 is 2.78 bits per heavy atom. The summed E-state index contributed by atoms with van der Waals surface area (Å²) in [5, 5.41) is 0. The fourth-order valence-electron chi connectivity index (χ4n) is 1.65. The molecule has 4 nitrogen and oxygen atoms in total. The van der Waals surface area contributed by atoms with Gasteiger partial charge < -0.3 is 14.4 Å². The van der Waals surface area contributed by atoms with Gasteiger partial charge in [-0.25, -0.2) is 4.39 Å². The van der Waals surface area contributed by atoms with E-state index in [0.29, 0.717) is 11.8 Å². The van der Waals surface area contributed by atoms with Crippen LogP contribution in [-0.2, 0) is 4.79 Å². The first-order valence-electron chi connectivity index (χ1n) is 5.84. The third-order valence-corrected chi connectivity index (χ3v) is 2.97. The quantitative estimate of drug-likeness (QED) is 0.803. The third kappa shape index (κ3) is 2.91. The Morgan fingerprint density at radius 2 is 2.22 bits per heavy atom. The summed E-state index contributed by atoms with van der Waals surface area (Å²) in [5.74, 6) is -0.110. The molecule has 0 heterocycles. The molecule has 1 aliphatic carbocycles. The lowest BCUT2D eigenvalue weighted by Gasteiger charge is -2.16. The first-order chi connectivity index (χ1) is 8.61. The van der Waals surface area contributed by atoms with Crippen LogP contribution in [0.5, 0.6) is 11.5 Å². The van der Waals surface area contributed by atoms with E-state index < -0.39 is 5.82 Å². The summed E-state index contributed by atoms with van der Waals surface area (Å²) in [7, 11) is 3.16. The van der Waals surface area contributed by atoms with Gasteiger partial charge in [0.05, 0.1) is 7.11 Å². The molecule has 0 aromatic heterocycles. The average Bonchev–Trinajstić information content (AvgIpc) is 3.19. The zero-order valence-corrected chi connectivity index (χ0v) is 10.5. The van der Waals surface area contributed by atoms with Gasteiger partial charge in [-0.15, -0.1) is 0 Å². The highest BCUT2D eigenvalue weighted by Crippen LogP contribution is 2.26. The number of likely N-dealkylation sites (N-methyl/N-ethyl adjacent to an activating group) is 1. The molecule has 1 aromatic rings. The number of carbonyl (C=O) groups excluding carboxylic acids is 1. The predicted octanol–water partition coefficient (Wildman–Crippen LogP) is 1.83. The highest BCUT2D eigenvalue weighted by Gasteiger charge is 2.29. The van der Waals surface area contributed by atoms with E-state index in [1.54, 1.807) is 18.0 Å². The molecule has 1 aromatic carbocycles. The maximum absolute atomic E-state index is 13.4. The topological polar surface area (TPSA) is 38.8 Å². The average molecular weight is 253 g/mol.